The molecule has 0 aliphatic rings. The quantitative estimate of drug-likeness (QED) is 0.641. The zero-order valence-electron chi connectivity index (χ0n) is 13.0. The molecule has 24 heavy (non-hydrogen) atoms. The summed E-state index contributed by atoms with van der Waals surface area (Å²) in [5.74, 6) is 1.11. The van der Waals surface area contributed by atoms with Crippen LogP contribution in [-0.4, -0.2) is 36.2 Å². The zero-order valence-corrected chi connectivity index (χ0v) is 13.8. The minimum absolute atomic E-state index is 0.0885. The molecule has 1 amide bonds. The number of thiophene rings is 1. The van der Waals surface area contributed by atoms with Crippen molar-refractivity contribution in [3.8, 4) is 17.1 Å². The minimum atomic E-state index is -0.0885. The summed E-state index contributed by atoms with van der Waals surface area (Å²) >= 11 is 1.41. The summed E-state index contributed by atoms with van der Waals surface area (Å²) < 4.78 is 10.3. The van der Waals surface area contributed by atoms with Gasteiger partial charge < -0.3 is 19.9 Å². The third-order valence-electron chi connectivity index (χ3n) is 3.19. The summed E-state index contributed by atoms with van der Waals surface area (Å²) in [6.07, 6.45) is 0. The summed E-state index contributed by atoms with van der Waals surface area (Å²) in [7, 11) is 1.60. The predicted octanol–water partition coefficient (Wildman–Crippen LogP) is 2.65. The SMILES string of the molecule is COc1cccc(-c2noc(NCCNC(=O)c3cccs3)n2)c1. The van der Waals surface area contributed by atoms with Crippen LogP contribution in [0.5, 0.6) is 5.75 Å². The van der Waals surface area contributed by atoms with Crippen molar-refractivity contribution in [1.82, 2.24) is 15.5 Å². The van der Waals surface area contributed by atoms with E-state index < -0.39 is 0 Å². The van der Waals surface area contributed by atoms with Gasteiger partial charge in [0.25, 0.3) is 5.91 Å². The van der Waals surface area contributed by atoms with Gasteiger partial charge in [-0.25, -0.2) is 0 Å². The molecule has 2 N–H and O–H groups in total. The molecule has 8 heteroatoms. The van der Waals surface area contributed by atoms with Crippen LogP contribution < -0.4 is 15.4 Å². The van der Waals surface area contributed by atoms with Gasteiger partial charge in [0.15, 0.2) is 0 Å². The fourth-order valence-electron chi connectivity index (χ4n) is 2.02. The van der Waals surface area contributed by atoms with E-state index in [4.69, 9.17) is 9.26 Å². The number of methoxy groups -OCH3 is 1. The molecule has 0 aliphatic heterocycles. The maximum Gasteiger partial charge on any atom is 0.321 e. The number of nitrogens with one attached hydrogen (secondary N) is 2. The van der Waals surface area contributed by atoms with Crippen molar-refractivity contribution in [2.75, 3.05) is 25.5 Å². The van der Waals surface area contributed by atoms with Gasteiger partial charge in [-0.1, -0.05) is 23.4 Å². The Balaban J connectivity index is 1.50. The van der Waals surface area contributed by atoms with Gasteiger partial charge in [-0.2, -0.15) is 4.98 Å². The first-order chi connectivity index (χ1) is 11.8. The smallest absolute Gasteiger partial charge is 0.321 e. The first-order valence-corrected chi connectivity index (χ1v) is 8.18. The predicted molar refractivity (Wildman–Crippen MR) is 91.4 cm³/mol. The Morgan fingerprint density at radius 3 is 3.00 bits per heavy atom. The van der Waals surface area contributed by atoms with Gasteiger partial charge >= 0.3 is 6.01 Å². The van der Waals surface area contributed by atoms with Crippen molar-refractivity contribution in [3.63, 3.8) is 0 Å². The average Bonchev–Trinajstić information content (AvgIpc) is 3.30. The lowest BCUT2D eigenvalue weighted by Gasteiger charge is -2.03. The molecule has 0 fully saturated rings. The standard InChI is InChI=1S/C16H16N4O3S/c1-22-12-5-2-4-11(10-12)14-19-16(23-20-14)18-8-7-17-15(21)13-6-3-9-24-13/h2-6,9-10H,7-8H2,1H3,(H,17,21)(H,18,19,20). The molecule has 2 aromatic heterocycles. The molecule has 0 unspecified atom stereocenters. The van der Waals surface area contributed by atoms with Crippen molar-refractivity contribution < 1.29 is 14.1 Å². The molecule has 2 heterocycles. The normalized spacial score (nSPS) is 10.4. The molecule has 0 radical (unpaired) electrons. The number of rotatable bonds is 7. The third kappa shape index (κ3) is 3.90. The van der Waals surface area contributed by atoms with E-state index in [1.165, 1.54) is 11.3 Å². The van der Waals surface area contributed by atoms with Gasteiger partial charge in [-0.3, -0.25) is 4.79 Å². The molecule has 124 valence electrons. The van der Waals surface area contributed by atoms with Crippen LogP contribution in [0.3, 0.4) is 0 Å². The Kier molecular flexibility index (Phi) is 5.07. The van der Waals surface area contributed by atoms with Gasteiger partial charge in [0.05, 0.1) is 12.0 Å². The molecule has 7 nitrogen and oxygen atoms in total. The Labute approximate surface area is 142 Å². The average molecular weight is 344 g/mol. The molecule has 0 bridgehead atoms. The molecule has 1 aromatic carbocycles. The van der Waals surface area contributed by atoms with E-state index in [1.807, 2.05) is 35.7 Å². The lowest BCUT2D eigenvalue weighted by molar-refractivity contribution is 0.0959. The number of carbonyl (C=O) groups excluding carboxylic acids is 1. The highest BCUT2D eigenvalue weighted by molar-refractivity contribution is 7.12. The van der Waals surface area contributed by atoms with Gasteiger partial charge in [0.1, 0.15) is 5.75 Å². The fourth-order valence-corrected chi connectivity index (χ4v) is 2.66. The molecule has 0 atom stereocenters. The summed E-state index contributed by atoms with van der Waals surface area (Å²) in [6.45, 7) is 0.935. The van der Waals surface area contributed by atoms with Crippen LogP contribution in [0.25, 0.3) is 11.4 Å². The van der Waals surface area contributed by atoms with Crippen molar-refractivity contribution in [2.24, 2.45) is 0 Å². The number of nitrogens with zero attached hydrogens (tertiary/aromatic N) is 2. The summed E-state index contributed by atoms with van der Waals surface area (Å²) in [5, 5.41) is 11.6. The van der Waals surface area contributed by atoms with Crippen LogP contribution in [0.4, 0.5) is 6.01 Å². The van der Waals surface area contributed by atoms with Crippen molar-refractivity contribution in [1.29, 1.82) is 0 Å². The summed E-state index contributed by atoms with van der Waals surface area (Å²) in [6, 6.07) is 11.3. The first-order valence-electron chi connectivity index (χ1n) is 7.30. The third-order valence-corrected chi connectivity index (χ3v) is 4.05. The van der Waals surface area contributed by atoms with Crippen LogP contribution in [0.2, 0.25) is 0 Å². The number of hydrogen-bond donors (Lipinski definition) is 2. The second-order valence-electron chi connectivity index (χ2n) is 4.82. The van der Waals surface area contributed by atoms with Crippen molar-refractivity contribution in [3.05, 3.63) is 46.7 Å². The molecule has 3 aromatic rings. The molecule has 0 saturated carbocycles. The molecule has 3 rings (SSSR count). The van der Waals surface area contributed by atoms with E-state index >= 15 is 0 Å². The second-order valence-corrected chi connectivity index (χ2v) is 5.76. The van der Waals surface area contributed by atoms with Gasteiger partial charge in [0.2, 0.25) is 5.82 Å². The minimum Gasteiger partial charge on any atom is -0.497 e. The maximum atomic E-state index is 11.8. The number of benzene rings is 1. The van der Waals surface area contributed by atoms with Crippen LogP contribution in [0.1, 0.15) is 9.67 Å². The molecule has 0 saturated heterocycles. The Morgan fingerprint density at radius 2 is 2.21 bits per heavy atom. The topological polar surface area (TPSA) is 89.3 Å². The second kappa shape index (κ2) is 7.60. The number of hydrogen-bond acceptors (Lipinski definition) is 7. The van der Waals surface area contributed by atoms with E-state index in [0.29, 0.717) is 29.8 Å². The lowest BCUT2D eigenvalue weighted by atomic mass is 10.2. The van der Waals surface area contributed by atoms with Gasteiger partial charge in [0, 0.05) is 18.7 Å². The summed E-state index contributed by atoms with van der Waals surface area (Å²) in [5.41, 5.74) is 0.803. The van der Waals surface area contributed by atoms with Crippen LogP contribution in [-0.2, 0) is 0 Å². The number of aromatic nitrogens is 2. The fraction of sp³-hybridized carbons (Fsp3) is 0.188. The monoisotopic (exact) mass is 344 g/mol. The number of anilines is 1. The van der Waals surface area contributed by atoms with Crippen LogP contribution >= 0.6 is 11.3 Å². The molecule has 0 spiro atoms. The van der Waals surface area contributed by atoms with Crippen molar-refractivity contribution >= 4 is 23.3 Å². The highest BCUT2D eigenvalue weighted by Crippen LogP contribution is 2.22. The Bertz CT molecular complexity index is 801. The number of amides is 1. The summed E-state index contributed by atoms with van der Waals surface area (Å²) in [4.78, 5) is 16.7. The lowest BCUT2D eigenvalue weighted by Crippen LogP contribution is -2.28. The largest absolute Gasteiger partial charge is 0.497 e. The van der Waals surface area contributed by atoms with E-state index in [-0.39, 0.29) is 5.91 Å². The van der Waals surface area contributed by atoms with E-state index in [2.05, 4.69) is 20.8 Å². The number of ether oxygens (including phenoxy) is 1. The van der Waals surface area contributed by atoms with Crippen LogP contribution in [0, 0.1) is 0 Å². The Hall–Kier alpha value is -2.87. The van der Waals surface area contributed by atoms with E-state index in [0.717, 1.165) is 11.3 Å². The Morgan fingerprint density at radius 1 is 1.29 bits per heavy atom. The molecular formula is C16H16N4O3S. The highest BCUT2D eigenvalue weighted by atomic mass is 32.1. The van der Waals surface area contributed by atoms with Gasteiger partial charge in [-0.05, 0) is 23.6 Å². The first kappa shape index (κ1) is 16.0. The maximum absolute atomic E-state index is 11.8. The van der Waals surface area contributed by atoms with Crippen molar-refractivity contribution in [2.45, 2.75) is 0 Å². The van der Waals surface area contributed by atoms with Crippen LogP contribution in [0.15, 0.2) is 46.3 Å². The highest BCUT2D eigenvalue weighted by Gasteiger charge is 2.09. The zero-order chi connectivity index (χ0) is 16.8. The molecule has 0 aliphatic carbocycles. The number of carbonyl (C=O) groups is 1. The van der Waals surface area contributed by atoms with E-state index in [9.17, 15) is 4.79 Å². The van der Waals surface area contributed by atoms with Gasteiger partial charge in [-0.15, -0.1) is 11.3 Å². The van der Waals surface area contributed by atoms with E-state index in [1.54, 1.807) is 13.2 Å². The molecular weight excluding hydrogens is 328 g/mol.